The van der Waals surface area contributed by atoms with Crippen LogP contribution in [0.1, 0.15) is 12.8 Å². The van der Waals surface area contributed by atoms with Gasteiger partial charge in [-0.3, -0.25) is 10.1 Å². The van der Waals surface area contributed by atoms with E-state index in [4.69, 9.17) is 0 Å². The highest BCUT2D eigenvalue weighted by Gasteiger charge is 2.15. The summed E-state index contributed by atoms with van der Waals surface area (Å²) in [7, 11) is 0. The predicted octanol–water partition coefficient (Wildman–Crippen LogP) is 1.92. The Morgan fingerprint density at radius 1 is 1.71 bits per heavy atom. The van der Waals surface area contributed by atoms with Crippen LogP contribution in [0.3, 0.4) is 0 Å². The van der Waals surface area contributed by atoms with Gasteiger partial charge in [-0.1, -0.05) is 0 Å². The third-order valence-electron chi connectivity index (χ3n) is 2.72. The predicted molar refractivity (Wildman–Crippen MR) is 68.1 cm³/mol. The average molecular weight is 301 g/mol. The van der Waals surface area contributed by atoms with Crippen LogP contribution < -0.4 is 10.6 Å². The first kappa shape index (κ1) is 12.3. The standard InChI is InChI=1S/C10H13BrN4O2/c11-9-4-8(15(16)17)6-14-10(9)13-5-7-2-1-3-12-7/h4,6-7,12H,1-3,5H2,(H,13,14). The summed E-state index contributed by atoms with van der Waals surface area (Å²) in [5.74, 6) is 0.643. The van der Waals surface area contributed by atoms with E-state index in [1.54, 1.807) is 0 Å². The zero-order valence-corrected chi connectivity index (χ0v) is 10.7. The van der Waals surface area contributed by atoms with Crippen LogP contribution in [-0.2, 0) is 0 Å². The molecule has 2 heterocycles. The van der Waals surface area contributed by atoms with Crippen molar-refractivity contribution in [1.29, 1.82) is 0 Å². The maximum atomic E-state index is 10.5. The van der Waals surface area contributed by atoms with E-state index in [-0.39, 0.29) is 5.69 Å². The second-order valence-corrected chi connectivity index (χ2v) is 4.81. The molecule has 1 aliphatic rings. The highest BCUT2D eigenvalue weighted by molar-refractivity contribution is 9.10. The molecule has 2 rings (SSSR count). The van der Waals surface area contributed by atoms with Gasteiger partial charge in [0, 0.05) is 18.7 Å². The molecule has 1 saturated heterocycles. The van der Waals surface area contributed by atoms with Crippen LogP contribution in [0, 0.1) is 10.1 Å². The molecule has 1 aromatic heterocycles. The Balaban J connectivity index is 1.98. The van der Waals surface area contributed by atoms with Crippen molar-refractivity contribution in [2.45, 2.75) is 18.9 Å². The normalized spacial score (nSPS) is 19.2. The van der Waals surface area contributed by atoms with E-state index in [9.17, 15) is 10.1 Å². The van der Waals surface area contributed by atoms with Gasteiger partial charge in [-0.2, -0.15) is 0 Å². The first-order valence-electron chi connectivity index (χ1n) is 5.44. The van der Waals surface area contributed by atoms with Crippen LogP contribution in [0.25, 0.3) is 0 Å². The van der Waals surface area contributed by atoms with Gasteiger partial charge in [0.05, 0.1) is 9.40 Å². The molecule has 0 radical (unpaired) electrons. The maximum Gasteiger partial charge on any atom is 0.288 e. The number of nitro groups is 1. The molecular weight excluding hydrogens is 288 g/mol. The second kappa shape index (κ2) is 5.42. The van der Waals surface area contributed by atoms with Gasteiger partial charge < -0.3 is 10.6 Å². The first-order chi connectivity index (χ1) is 8.16. The first-order valence-corrected chi connectivity index (χ1v) is 6.23. The average Bonchev–Trinajstić information content (AvgIpc) is 2.80. The van der Waals surface area contributed by atoms with Gasteiger partial charge in [0.25, 0.3) is 5.69 Å². The molecule has 0 spiro atoms. The highest BCUT2D eigenvalue weighted by atomic mass is 79.9. The van der Waals surface area contributed by atoms with Crippen LogP contribution in [0.4, 0.5) is 11.5 Å². The van der Waals surface area contributed by atoms with Crippen molar-refractivity contribution in [1.82, 2.24) is 10.3 Å². The van der Waals surface area contributed by atoms with Gasteiger partial charge in [0.2, 0.25) is 0 Å². The van der Waals surface area contributed by atoms with Crippen molar-refractivity contribution < 1.29 is 4.92 Å². The lowest BCUT2D eigenvalue weighted by molar-refractivity contribution is -0.385. The molecule has 0 aliphatic carbocycles. The fourth-order valence-electron chi connectivity index (χ4n) is 1.81. The lowest BCUT2D eigenvalue weighted by atomic mass is 10.2. The minimum Gasteiger partial charge on any atom is -0.368 e. The maximum absolute atomic E-state index is 10.5. The fraction of sp³-hybridized carbons (Fsp3) is 0.500. The van der Waals surface area contributed by atoms with Gasteiger partial charge in [0.1, 0.15) is 12.0 Å². The van der Waals surface area contributed by atoms with E-state index in [2.05, 4.69) is 31.5 Å². The van der Waals surface area contributed by atoms with E-state index in [1.165, 1.54) is 18.7 Å². The number of anilines is 1. The number of aromatic nitrogens is 1. The molecule has 7 heteroatoms. The SMILES string of the molecule is O=[N+]([O-])c1cnc(NCC2CCCN2)c(Br)c1. The Kier molecular flexibility index (Phi) is 3.90. The minimum atomic E-state index is -0.458. The molecule has 1 atom stereocenters. The quantitative estimate of drug-likeness (QED) is 0.656. The number of pyridine rings is 1. The van der Waals surface area contributed by atoms with Crippen molar-refractivity contribution in [2.75, 3.05) is 18.4 Å². The van der Waals surface area contributed by atoms with E-state index < -0.39 is 4.92 Å². The third-order valence-corrected chi connectivity index (χ3v) is 3.32. The van der Waals surface area contributed by atoms with Crippen molar-refractivity contribution in [2.24, 2.45) is 0 Å². The summed E-state index contributed by atoms with van der Waals surface area (Å²) in [6, 6.07) is 1.91. The van der Waals surface area contributed by atoms with Gasteiger partial charge in [-0.25, -0.2) is 4.98 Å². The molecule has 0 saturated carbocycles. The molecular formula is C10H13BrN4O2. The summed E-state index contributed by atoms with van der Waals surface area (Å²) in [6.45, 7) is 1.84. The molecule has 1 fully saturated rings. The zero-order valence-electron chi connectivity index (χ0n) is 9.15. The number of hydrogen-bond acceptors (Lipinski definition) is 5. The Morgan fingerprint density at radius 2 is 2.53 bits per heavy atom. The Bertz CT molecular complexity index is 421. The summed E-state index contributed by atoms with van der Waals surface area (Å²) in [6.07, 6.45) is 3.61. The Labute approximate surface area is 107 Å². The molecule has 17 heavy (non-hydrogen) atoms. The molecule has 0 aromatic carbocycles. The molecule has 6 nitrogen and oxygen atoms in total. The van der Waals surface area contributed by atoms with Crippen molar-refractivity contribution in [3.05, 3.63) is 26.9 Å². The lowest BCUT2D eigenvalue weighted by Crippen LogP contribution is -2.29. The Hall–Kier alpha value is -1.21. The molecule has 0 amide bonds. The summed E-state index contributed by atoms with van der Waals surface area (Å²) < 4.78 is 0.615. The summed E-state index contributed by atoms with van der Waals surface area (Å²) in [5, 5.41) is 17.1. The largest absolute Gasteiger partial charge is 0.368 e. The minimum absolute atomic E-state index is 0.0126. The molecule has 1 unspecified atom stereocenters. The van der Waals surface area contributed by atoms with Crippen LogP contribution in [-0.4, -0.2) is 29.0 Å². The van der Waals surface area contributed by atoms with Crippen LogP contribution in [0.15, 0.2) is 16.7 Å². The molecule has 2 N–H and O–H groups in total. The van der Waals surface area contributed by atoms with Crippen LogP contribution in [0.2, 0.25) is 0 Å². The number of nitrogens with zero attached hydrogens (tertiary/aromatic N) is 2. The fourth-order valence-corrected chi connectivity index (χ4v) is 2.29. The summed E-state index contributed by atoms with van der Waals surface area (Å²) in [4.78, 5) is 14.1. The van der Waals surface area contributed by atoms with Crippen LogP contribution >= 0.6 is 15.9 Å². The van der Waals surface area contributed by atoms with Gasteiger partial charge >= 0.3 is 0 Å². The van der Waals surface area contributed by atoms with Gasteiger partial charge in [-0.05, 0) is 35.3 Å². The van der Waals surface area contributed by atoms with Crippen molar-refractivity contribution in [3.8, 4) is 0 Å². The number of hydrogen-bond donors (Lipinski definition) is 2. The van der Waals surface area contributed by atoms with Gasteiger partial charge in [0.15, 0.2) is 0 Å². The van der Waals surface area contributed by atoms with Crippen LogP contribution in [0.5, 0.6) is 0 Å². The summed E-state index contributed by atoms with van der Waals surface area (Å²) >= 11 is 3.28. The number of nitrogens with one attached hydrogen (secondary N) is 2. The third kappa shape index (κ3) is 3.13. The summed E-state index contributed by atoms with van der Waals surface area (Å²) in [5.41, 5.74) is -0.0126. The van der Waals surface area contributed by atoms with E-state index in [0.29, 0.717) is 16.3 Å². The van der Waals surface area contributed by atoms with E-state index in [0.717, 1.165) is 19.5 Å². The smallest absolute Gasteiger partial charge is 0.288 e. The van der Waals surface area contributed by atoms with Gasteiger partial charge in [-0.15, -0.1) is 0 Å². The van der Waals surface area contributed by atoms with Crippen molar-refractivity contribution in [3.63, 3.8) is 0 Å². The topological polar surface area (TPSA) is 80.1 Å². The number of halogens is 1. The molecule has 1 aliphatic heterocycles. The van der Waals surface area contributed by atoms with E-state index in [1.807, 2.05) is 0 Å². The zero-order chi connectivity index (χ0) is 12.3. The molecule has 0 bridgehead atoms. The highest BCUT2D eigenvalue weighted by Crippen LogP contribution is 2.24. The van der Waals surface area contributed by atoms with Crippen molar-refractivity contribution >= 4 is 27.4 Å². The molecule has 92 valence electrons. The monoisotopic (exact) mass is 300 g/mol. The Morgan fingerprint density at radius 3 is 3.12 bits per heavy atom. The second-order valence-electron chi connectivity index (χ2n) is 3.96. The lowest BCUT2D eigenvalue weighted by Gasteiger charge is -2.12. The molecule has 1 aromatic rings. The van der Waals surface area contributed by atoms with E-state index >= 15 is 0 Å². The number of rotatable bonds is 4.